The van der Waals surface area contributed by atoms with Crippen LogP contribution in [0.4, 0.5) is 18.9 Å². The van der Waals surface area contributed by atoms with Crippen LogP contribution in [0.5, 0.6) is 5.75 Å². The van der Waals surface area contributed by atoms with Gasteiger partial charge in [-0.2, -0.15) is 18.4 Å². The average Bonchev–Trinajstić information content (AvgIpc) is 3.03. The highest BCUT2D eigenvalue weighted by Gasteiger charge is 2.49. The van der Waals surface area contributed by atoms with Crippen LogP contribution in [-0.4, -0.2) is 40.7 Å². The molecule has 1 atom stereocenters. The van der Waals surface area contributed by atoms with Crippen LogP contribution in [-0.2, 0) is 17.5 Å². The van der Waals surface area contributed by atoms with Gasteiger partial charge in [-0.05, 0) is 81.7 Å². The second-order valence-electron chi connectivity index (χ2n) is 9.51. The van der Waals surface area contributed by atoms with Gasteiger partial charge in [-0.1, -0.05) is 19.1 Å². The molecule has 1 amide bonds. The molecule has 198 valence electrons. The summed E-state index contributed by atoms with van der Waals surface area (Å²) in [5.74, 6) is 0.295. The molecule has 1 unspecified atom stereocenters. The Hall–Kier alpha value is -3.16. The van der Waals surface area contributed by atoms with Crippen molar-refractivity contribution in [3.05, 3.63) is 59.2 Å². The Morgan fingerprint density at radius 2 is 1.86 bits per heavy atom. The van der Waals surface area contributed by atoms with Gasteiger partial charge in [0.25, 0.3) is 5.91 Å². The number of hydrogen-bond acceptors (Lipinski definition) is 5. The summed E-state index contributed by atoms with van der Waals surface area (Å²) in [5, 5.41) is 12.6. The second kappa shape index (κ2) is 11.5. The van der Waals surface area contributed by atoms with Crippen LogP contribution in [0.25, 0.3) is 0 Å². The predicted octanol–water partition coefficient (Wildman–Crippen LogP) is 5.65. The van der Waals surface area contributed by atoms with Gasteiger partial charge >= 0.3 is 6.18 Å². The number of anilines is 1. The van der Waals surface area contributed by atoms with Gasteiger partial charge in [-0.15, -0.1) is 0 Å². The number of thiocarbonyl (C=S) groups is 1. The first-order chi connectivity index (χ1) is 17.4. The first kappa shape index (κ1) is 28.4. The Labute approximate surface area is 221 Å². The Balaban J connectivity index is 1.63. The van der Waals surface area contributed by atoms with Crippen molar-refractivity contribution in [2.75, 3.05) is 18.1 Å². The van der Waals surface area contributed by atoms with E-state index in [0.29, 0.717) is 25.6 Å². The minimum absolute atomic E-state index is 0.0175. The van der Waals surface area contributed by atoms with Gasteiger partial charge < -0.3 is 15.0 Å². The summed E-state index contributed by atoms with van der Waals surface area (Å²) < 4.78 is 46.2. The summed E-state index contributed by atoms with van der Waals surface area (Å²) in [5.41, 5.74) is -1.52. The maximum Gasteiger partial charge on any atom is 0.417 e. The molecule has 0 saturated carbocycles. The summed E-state index contributed by atoms with van der Waals surface area (Å²) in [4.78, 5) is 16.0. The van der Waals surface area contributed by atoms with Crippen LogP contribution in [0, 0.1) is 11.3 Å². The number of alkyl halides is 3. The molecule has 0 radical (unpaired) electrons. The molecular weight excluding hydrogens is 501 g/mol. The fourth-order valence-corrected chi connectivity index (χ4v) is 4.50. The summed E-state index contributed by atoms with van der Waals surface area (Å²) in [6, 6.07) is 13.0. The van der Waals surface area contributed by atoms with E-state index in [1.54, 1.807) is 24.8 Å². The van der Waals surface area contributed by atoms with Gasteiger partial charge in [-0.3, -0.25) is 9.69 Å². The van der Waals surface area contributed by atoms with Crippen LogP contribution in [0.15, 0.2) is 42.5 Å². The highest BCUT2D eigenvalue weighted by atomic mass is 32.1. The van der Waals surface area contributed by atoms with Gasteiger partial charge in [0.2, 0.25) is 0 Å². The number of benzene rings is 2. The lowest BCUT2D eigenvalue weighted by Crippen LogP contribution is -2.44. The number of amides is 1. The molecule has 0 bridgehead atoms. The molecule has 0 aliphatic carbocycles. The molecule has 1 heterocycles. The lowest BCUT2D eigenvalue weighted by atomic mass is 10.0. The zero-order valence-electron chi connectivity index (χ0n) is 21.4. The number of nitrogens with one attached hydrogen (secondary N) is 1. The minimum Gasteiger partial charge on any atom is -0.494 e. The van der Waals surface area contributed by atoms with E-state index in [0.717, 1.165) is 41.3 Å². The number of hydrogen-bond donors (Lipinski definition) is 1. The monoisotopic (exact) mass is 532 g/mol. The smallest absolute Gasteiger partial charge is 0.417 e. The van der Waals surface area contributed by atoms with Crippen LogP contribution in [0.3, 0.4) is 0 Å². The second-order valence-corrected chi connectivity index (χ2v) is 9.87. The van der Waals surface area contributed by atoms with E-state index in [-0.39, 0.29) is 10.8 Å². The number of nitrogens with zero attached hydrogens (tertiary/aromatic N) is 3. The number of carbonyl (C=O) groups excluding carboxylic acids is 1. The van der Waals surface area contributed by atoms with Crippen molar-refractivity contribution < 1.29 is 22.7 Å². The van der Waals surface area contributed by atoms with Crippen molar-refractivity contribution in [1.29, 1.82) is 5.26 Å². The van der Waals surface area contributed by atoms with Crippen molar-refractivity contribution in [3.8, 4) is 11.8 Å². The highest BCUT2D eigenvalue weighted by Crippen LogP contribution is 2.37. The summed E-state index contributed by atoms with van der Waals surface area (Å²) >= 11 is 5.52. The average molecular weight is 533 g/mol. The third-order valence-electron chi connectivity index (χ3n) is 6.50. The van der Waals surface area contributed by atoms with E-state index in [2.05, 4.69) is 19.2 Å². The minimum atomic E-state index is -4.74. The Kier molecular flexibility index (Phi) is 8.82. The lowest BCUT2D eigenvalue weighted by Gasteiger charge is -2.29. The third kappa shape index (κ3) is 6.40. The van der Waals surface area contributed by atoms with Crippen LogP contribution in [0.1, 0.15) is 57.2 Å². The Morgan fingerprint density at radius 3 is 2.46 bits per heavy atom. The maximum absolute atomic E-state index is 13.5. The molecule has 1 aliphatic rings. The van der Waals surface area contributed by atoms with E-state index < -0.39 is 28.7 Å². The molecule has 0 aromatic heterocycles. The number of halogens is 3. The van der Waals surface area contributed by atoms with Gasteiger partial charge in [0.05, 0.1) is 29.5 Å². The number of rotatable bonds is 10. The first-order valence-corrected chi connectivity index (χ1v) is 12.5. The van der Waals surface area contributed by atoms with E-state index in [1.165, 1.54) is 6.07 Å². The van der Waals surface area contributed by atoms with Crippen LogP contribution in [0.2, 0.25) is 0 Å². The molecule has 37 heavy (non-hydrogen) atoms. The number of ether oxygens (including phenoxy) is 1. The fourth-order valence-electron chi connectivity index (χ4n) is 3.99. The summed E-state index contributed by atoms with van der Waals surface area (Å²) in [6.45, 7) is 9.18. The van der Waals surface area contributed by atoms with Crippen molar-refractivity contribution >= 4 is 28.9 Å². The normalized spacial score (nSPS) is 16.2. The zero-order valence-corrected chi connectivity index (χ0v) is 22.2. The van der Waals surface area contributed by atoms with Crippen LogP contribution >= 0.6 is 12.2 Å². The Bertz CT molecular complexity index is 1180. The van der Waals surface area contributed by atoms with Crippen LogP contribution < -0.4 is 15.0 Å². The van der Waals surface area contributed by atoms with Crippen molar-refractivity contribution in [2.24, 2.45) is 0 Å². The molecule has 10 heteroatoms. The maximum atomic E-state index is 13.5. The zero-order chi connectivity index (χ0) is 27.4. The Morgan fingerprint density at radius 1 is 1.19 bits per heavy atom. The molecular formula is C27H31F3N4O2S. The largest absolute Gasteiger partial charge is 0.494 e. The van der Waals surface area contributed by atoms with Gasteiger partial charge in [0, 0.05) is 19.1 Å². The van der Waals surface area contributed by atoms with E-state index >= 15 is 0 Å². The molecule has 2 aromatic carbocycles. The first-order valence-electron chi connectivity index (χ1n) is 12.1. The molecule has 0 spiro atoms. The summed E-state index contributed by atoms with van der Waals surface area (Å²) in [6.07, 6.45) is -3.13. The molecule has 1 N–H and O–H groups in total. The number of carbonyl (C=O) groups is 1. The van der Waals surface area contributed by atoms with E-state index in [4.69, 9.17) is 22.2 Å². The fraction of sp³-hybridized carbons (Fsp3) is 0.444. The highest BCUT2D eigenvalue weighted by molar-refractivity contribution is 7.80. The quantitative estimate of drug-likeness (QED) is 0.315. The summed E-state index contributed by atoms with van der Waals surface area (Å²) in [7, 11) is 0. The van der Waals surface area contributed by atoms with Gasteiger partial charge in [-0.25, -0.2) is 0 Å². The predicted molar refractivity (Wildman–Crippen MR) is 140 cm³/mol. The molecule has 6 nitrogen and oxygen atoms in total. The number of nitriles is 1. The topological polar surface area (TPSA) is 68.6 Å². The molecule has 3 rings (SSSR count). The SMILES string of the molecule is CCC(C)NCc1ccc(OCCCN2C(=S)N(c3ccc(C#N)c(C(F)(F)F)c3)C(=O)C2(C)C)cc1. The van der Waals surface area contributed by atoms with Crippen molar-refractivity contribution in [2.45, 2.75) is 64.8 Å². The third-order valence-corrected chi connectivity index (χ3v) is 6.90. The van der Waals surface area contributed by atoms with Gasteiger partial charge in [0.1, 0.15) is 11.3 Å². The molecule has 1 saturated heterocycles. The molecule has 1 fully saturated rings. The van der Waals surface area contributed by atoms with Crippen molar-refractivity contribution in [1.82, 2.24) is 10.2 Å². The van der Waals surface area contributed by atoms with Gasteiger partial charge in [0.15, 0.2) is 5.11 Å². The standard InChI is InChI=1S/C27H31F3N4O2S/c1-5-18(2)32-17-19-7-11-22(12-8-19)36-14-6-13-33-25(37)34(24(35)26(33,3)4)21-10-9-20(16-31)23(15-21)27(28,29)30/h7-12,15,18,32H,5-6,13-14,17H2,1-4H3. The lowest BCUT2D eigenvalue weighted by molar-refractivity contribution is -0.137. The molecule has 2 aromatic rings. The molecule has 1 aliphatic heterocycles. The van der Waals surface area contributed by atoms with E-state index in [1.807, 2.05) is 24.3 Å². The van der Waals surface area contributed by atoms with Crippen molar-refractivity contribution in [3.63, 3.8) is 0 Å². The van der Waals surface area contributed by atoms with E-state index in [9.17, 15) is 18.0 Å².